The third kappa shape index (κ3) is 4.12. The van der Waals surface area contributed by atoms with Crippen molar-refractivity contribution < 1.29 is 8.42 Å². The highest BCUT2D eigenvalue weighted by atomic mass is 79.9. The van der Waals surface area contributed by atoms with Crippen LogP contribution < -0.4 is 10.0 Å². The summed E-state index contributed by atoms with van der Waals surface area (Å²) in [7, 11) is -3.81. The molecule has 2 N–H and O–H groups in total. The van der Waals surface area contributed by atoms with Crippen molar-refractivity contribution in [2.45, 2.75) is 4.21 Å². The normalized spacial score (nSPS) is 11.5. The van der Waals surface area contributed by atoms with Crippen molar-refractivity contribution in [3.8, 4) is 0 Å². The van der Waals surface area contributed by atoms with Gasteiger partial charge < -0.3 is 5.32 Å². The first-order valence-electron chi connectivity index (χ1n) is 7.98. The van der Waals surface area contributed by atoms with Crippen molar-refractivity contribution in [1.82, 2.24) is 9.97 Å². The van der Waals surface area contributed by atoms with Crippen molar-refractivity contribution in [2.24, 2.45) is 0 Å². The summed E-state index contributed by atoms with van der Waals surface area (Å²) in [6, 6.07) is 17.4. The summed E-state index contributed by atoms with van der Waals surface area (Å²) in [5.41, 5.74) is 1.92. The number of para-hydroxylation sites is 2. The van der Waals surface area contributed by atoms with Gasteiger partial charge in [-0.05, 0) is 64.5 Å². The molecule has 2 aromatic carbocycles. The van der Waals surface area contributed by atoms with Gasteiger partial charge in [-0.3, -0.25) is 4.72 Å². The number of anilines is 3. The molecule has 0 radical (unpaired) electrons. The molecule has 0 bridgehead atoms. The maximum absolute atomic E-state index is 12.8. The number of rotatable bonds is 5. The maximum atomic E-state index is 12.8. The second-order valence-corrected chi connectivity index (χ2v) is 10.5. The molecule has 6 nitrogen and oxygen atoms in total. The average molecular weight is 496 g/mol. The monoisotopic (exact) mass is 494 g/mol. The number of nitrogens with zero attached hydrogens (tertiary/aromatic N) is 2. The standard InChI is InChI=1S/C18H12BrClN4O2S2/c19-15-9-10-16(27-15)28(25,26)24-18-17(21-12-7-5-11(20)6-8-12)22-13-3-1-2-4-14(13)23-18/h1-10H,(H,21,22)(H,23,24). The molecule has 0 aliphatic rings. The number of halogens is 2. The summed E-state index contributed by atoms with van der Waals surface area (Å²) >= 11 is 10.3. The summed E-state index contributed by atoms with van der Waals surface area (Å²) in [5, 5.41) is 3.70. The molecule has 10 heteroatoms. The van der Waals surface area contributed by atoms with E-state index in [1.54, 1.807) is 36.4 Å². The SMILES string of the molecule is O=S(=O)(Nc1nc2ccccc2nc1Nc1ccc(Cl)cc1)c1ccc(Br)s1. The minimum atomic E-state index is -3.81. The van der Waals surface area contributed by atoms with E-state index in [1.807, 2.05) is 18.2 Å². The Morgan fingerprint density at radius 1 is 0.893 bits per heavy atom. The highest BCUT2D eigenvalue weighted by molar-refractivity contribution is 9.11. The first kappa shape index (κ1) is 19.1. The molecule has 0 aliphatic heterocycles. The van der Waals surface area contributed by atoms with E-state index < -0.39 is 10.0 Å². The predicted octanol–water partition coefficient (Wildman–Crippen LogP) is 5.65. The lowest BCUT2D eigenvalue weighted by Crippen LogP contribution is -2.15. The average Bonchev–Trinajstić information content (AvgIpc) is 3.11. The van der Waals surface area contributed by atoms with Gasteiger partial charge in [0.15, 0.2) is 11.6 Å². The lowest BCUT2D eigenvalue weighted by atomic mass is 10.3. The maximum Gasteiger partial charge on any atom is 0.272 e. The van der Waals surface area contributed by atoms with E-state index in [1.165, 1.54) is 6.07 Å². The fourth-order valence-electron chi connectivity index (χ4n) is 2.45. The first-order chi connectivity index (χ1) is 13.4. The van der Waals surface area contributed by atoms with E-state index in [9.17, 15) is 8.42 Å². The van der Waals surface area contributed by atoms with E-state index in [0.29, 0.717) is 27.6 Å². The van der Waals surface area contributed by atoms with Crippen LogP contribution in [0.15, 0.2) is 68.7 Å². The number of nitrogens with one attached hydrogen (secondary N) is 2. The lowest BCUT2D eigenvalue weighted by molar-refractivity contribution is 0.603. The van der Waals surface area contributed by atoms with Crippen molar-refractivity contribution in [3.05, 3.63) is 69.5 Å². The van der Waals surface area contributed by atoms with E-state index in [4.69, 9.17) is 11.6 Å². The van der Waals surface area contributed by atoms with Gasteiger partial charge in [-0.25, -0.2) is 18.4 Å². The van der Waals surface area contributed by atoms with Crippen LogP contribution in [0, 0.1) is 0 Å². The molecule has 28 heavy (non-hydrogen) atoms. The second kappa shape index (κ2) is 7.67. The lowest BCUT2D eigenvalue weighted by Gasteiger charge is -2.13. The van der Waals surface area contributed by atoms with E-state index in [-0.39, 0.29) is 10.0 Å². The van der Waals surface area contributed by atoms with Gasteiger partial charge in [-0.1, -0.05) is 23.7 Å². The molecule has 142 valence electrons. The Morgan fingerprint density at radius 2 is 1.54 bits per heavy atom. The zero-order chi connectivity index (χ0) is 19.7. The Kier molecular flexibility index (Phi) is 5.24. The summed E-state index contributed by atoms with van der Waals surface area (Å²) in [5.74, 6) is 0.401. The van der Waals surface area contributed by atoms with E-state index >= 15 is 0 Å². The van der Waals surface area contributed by atoms with Gasteiger partial charge in [0.25, 0.3) is 10.0 Å². The van der Waals surface area contributed by atoms with Crippen LogP contribution in [0.5, 0.6) is 0 Å². The largest absolute Gasteiger partial charge is 0.337 e. The summed E-state index contributed by atoms with van der Waals surface area (Å²) < 4.78 is 29.0. The molecule has 0 spiro atoms. The van der Waals surface area contributed by atoms with Crippen LogP contribution in [0.2, 0.25) is 5.02 Å². The van der Waals surface area contributed by atoms with Crippen LogP contribution in [-0.2, 0) is 10.0 Å². The molecule has 4 rings (SSSR count). The van der Waals surface area contributed by atoms with Crippen molar-refractivity contribution in [3.63, 3.8) is 0 Å². The highest BCUT2D eigenvalue weighted by Crippen LogP contribution is 2.30. The number of hydrogen-bond donors (Lipinski definition) is 2. The second-order valence-electron chi connectivity index (χ2n) is 5.71. The molecule has 0 saturated carbocycles. The number of thiophene rings is 1. The Balaban J connectivity index is 1.77. The van der Waals surface area contributed by atoms with Gasteiger partial charge in [-0.15, -0.1) is 11.3 Å². The number of hydrogen-bond acceptors (Lipinski definition) is 6. The molecule has 0 saturated heterocycles. The van der Waals surface area contributed by atoms with Crippen molar-refractivity contribution in [2.75, 3.05) is 10.0 Å². The van der Waals surface area contributed by atoms with Gasteiger partial charge >= 0.3 is 0 Å². The van der Waals surface area contributed by atoms with Crippen molar-refractivity contribution in [1.29, 1.82) is 0 Å². The molecular weight excluding hydrogens is 484 g/mol. The first-order valence-corrected chi connectivity index (χ1v) is 11.5. The Morgan fingerprint density at radius 3 is 2.14 bits per heavy atom. The highest BCUT2D eigenvalue weighted by Gasteiger charge is 2.20. The summed E-state index contributed by atoms with van der Waals surface area (Å²) in [4.78, 5) is 8.99. The third-order valence-electron chi connectivity index (χ3n) is 3.72. The molecule has 2 aromatic heterocycles. The number of sulfonamides is 1. The van der Waals surface area contributed by atoms with Gasteiger partial charge in [0, 0.05) is 10.7 Å². The summed E-state index contributed by atoms with van der Waals surface area (Å²) in [6.45, 7) is 0. The van der Waals surface area contributed by atoms with E-state index in [2.05, 4.69) is 35.9 Å². The van der Waals surface area contributed by atoms with Crippen LogP contribution in [-0.4, -0.2) is 18.4 Å². The molecule has 4 aromatic rings. The van der Waals surface area contributed by atoms with Gasteiger partial charge in [-0.2, -0.15) is 0 Å². The van der Waals surface area contributed by atoms with Crippen LogP contribution in [0.3, 0.4) is 0 Å². The molecule has 0 amide bonds. The molecular formula is C18H12BrClN4O2S2. The van der Waals surface area contributed by atoms with E-state index in [0.717, 1.165) is 15.1 Å². The molecule has 0 aliphatic carbocycles. The fraction of sp³-hybridized carbons (Fsp3) is 0. The molecule has 0 fully saturated rings. The quantitative estimate of drug-likeness (QED) is 0.374. The van der Waals surface area contributed by atoms with Crippen LogP contribution in [0.25, 0.3) is 11.0 Å². The van der Waals surface area contributed by atoms with Gasteiger partial charge in [0.05, 0.1) is 14.8 Å². The minimum absolute atomic E-state index is 0.109. The smallest absolute Gasteiger partial charge is 0.272 e. The van der Waals surface area contributed by atoms with Crippen LogP contribution in [0.4, 0.5) is 17.3 Å². The van der Waals surface area contributed by atoms with Gasteiger partial charge in [0.1, 0.15) is 4.21 Å². The number of fused-ring (bicyclic) bond motifs is 1. The Bertz CT molecular complexity index is 1260. The van der Waals surface area contributed by atoms with Gasteiger partial charge in [0.2, 0.25) is 0 Å². The zero-order valence-electron chi connectivity index (χ0n) is 14.1. The Hall–Kier alpha value is -2.20. The van der Waals surface area contributed by atoms with Crippen LogP contribution in [0.1, 0.15) is 0 Å². The minimum Gasteiger partial charge on any atom is -0.337 e. The molecule has 0 atom stereocenters. The zero-order valence-corrected chi connectivity index (χ0v) is 18.0. The fourth-order valence-corrected chi connectivity index (χ4v) is 5.59. The predicted molar refractivity (Wildman–Crippen MR) is 117 cm³/mol. The van der Waals surface area contributed by atoms with Crippen molar-refractivity contribution >= 4 is 77.2 Å². The topological polar surface area (TPSA) is 84.0 Å². The third-order valence-corrected chi connectivity index (χ3v) is 7.43. The Labute approximate surface area is 178 Å². The molecule has 0 unspecified atom stereocenters. The molecule has 2 heterocycles. The number of aromatic nitrogens is 2. The van der Waals surface area contributed by atoms with Crippen LogP contribution >= 0.6 is 38.9 Å². The summed E-state index contributed by atoms with van der Waals surface area (Å²) in [6.07, 6.45) is 0. The number of benzene rings is 2.